The fourth-order valence-corrected chi connectivity index (χ4v) is 6.63. The maximum Gasteiger partial charge on any atom is 0.253 e. The van der Waals surface area contributed by atoms with Crippen LogP contribution in [0.25, 0.3) is 10.8 Å². The van der Waals surface area contributed by atoms with Gasteiger partial charge in [0.1, 0.15) is 11.4 Å². The fourth-order valence-electron chi connectivity index (χ4n) is 5.17. The average Bonchev–Trinajstić information content (AvgIpc) is 3.69. The Labute approximate surface area is 220 Å². The summed E-state index contributed by atoms with van der Waals surface area (Å²) in [6, 6.07) is 6.93. The van der Waals surface area contributed by atoms with Crippen molar-refractivity contribution < 1.29 is 8.42 Å². The standard InChI is InChI=1S/C28H29N5O4S/c1-15(2)12-31-38(36,37)23-10-17-7-8-21(24(17)20-14-30-22(11-19(20)23)16-5-6-16)33-26-25(27(34)28(26)35)32-18-4-3-9-29-13-18/h3-4,9-11,13-16,21,31-33H,5-8,12H2,1-2H3. The Hall–Kier alpha value is -3.63. The van der Waals surface area contributed by atoms with Crippen LogP contribution in [0.1, 0.15) is 61.9 Å². The van der Waals surface area contributed by atoms with Gasteiger partial charge in [0, 0.05) is 41.3 Å². The molecule has 0 aliphatic heterocycles. The summed E-state index contributed by atoms with van der Waals surface area (Å²) in [5, 5.41) is 7.70. The molecule has 0 saturated heterocycles. The molecule has 0 bridgehead atoms. The number of anilines is 3. The Kier molecular flexibility index (Phi) is 6.03. The zero-order valence-corrected chi connectivity index (χ0v) is 22.1. The first-order valence-corrected chi connectivity index (χ1v) is 14.4. The Balaban J connectivity index is 1.41. The van der Waals surface area contributed by atoms with E-state index in [1.54, 1.807) is 36.8 Å². The first kappa shape index (κ1) is 24.7. The van der Waals surface area contributed by atoms with Gasteiger partial charge in [0.15, 0.2) is 0 Å². The van der Waals surface area contributed by atoms with Gasteiger partial charge in [-0.3, -0.25) is 19.6 Å². The summed E-state index contributed by atoms with van der Waals surface area (Å²) in [6.07, 6.45) is 8.39. The molecule has 0 spiro atoms. The summed E-state index contributed by atoms with van der Waals surface area (Å²) in [4.78, 5) is 33.9. The summed E-state index contributed by atoms with van der Waals surface area (Å²) >= 11 is 0. The Bertz CT molecular complexity index is 1720. The van der Waals surface area contributed by atoms with Crippen LogP contribution < -0.4 is 26.2 Å². The molecule has 6 rings (SSSR count). The number of sulfonamides is 1. The molecule has 2 aliphatic carbocycles. The Morgan fingerprint density at radius 2 is 1.82 bits per heavy atom. The molecule has 0 amide bonds. The number of benzene rings is 1. The van der Waals surface area contributed by atoms with Crippen molar-refractivity contribution >= 4 is 37.9 Å². The highest BCUT2D eigenvalue weighted by molar-refractivity contribution is 7.89. The number of hydrogen-bond donors (Lipinski definition) is 3. The summed E-state index contributed by atoms with van der Waals surface area (Å²) in [7, 11) is -3.74. The minimum Gasteiger partial charge on any atom is -0.373 e. The third-order valence-electron chi connectivity index (χ3n) is 7.31. The number of nitrogens with one attached hydrogen (secondary N) is 3. The molecule has 0 radical (unpaired) electrons. The molecule has 1 fully saturated rings. The molecule has 10 heteroatoms. The van der Waals surface area contributed by atoms with E-state index >= 15 is 0 Å². The molecule has 4 aromatic rings. The lowest BCUT2D eigenvalue weighted by Crippen LogP contribution is -2.37. The van der Waals surface area contributed by atoms with E-state index in [1.807, 2.05) is 19.9 Å². The van der Waals surface area contributed by atoms with Gasteiger partial charge in [-0.05, 0) is 67.0 Å². The molecule has 38 heavy (non-hydrogen) atoms. The topological polar surface area (TPSA) is 130 Å². The third-order valence-corrected chi connectivity index (χ3v) is 8.77. The van der Waals surface area contributed by atoms with Gasteiger partial charge in [0.05, 0.1) is 22.8 Å². The van der Waals surface area contributed by atoms with Gasteiger partial charge < -0.3 is 10.6 Å². The average molecular weight is 532 g/mol. The number of aromatic nitrogens is 2. The number of rotatable bonds is 9. The van der Waals surface area contributed by atoms with Crippen molar-refractivity contribution in [1.29, 1.82) is 0 Å². The Morgan fingerprint density at radius 1 is 1.03 bits per heavy atom. The fraction of sp³-hybridized carbons (Fsp3) is 0.357. The molecule has 2 aliphatic rings. The van der Waals surface area contributed by atoms with E-state index in [-0.39, 0.29) is 28.2 Å². The van der Waals surface area contributed by atoms with E-state index in [1.165, 1.54) is 0 Å². The van der Waals surface area contributed by atoms with Gasteiger partial charge in [-0.25, -0.2) is 13.1 Å². The van der Waals surface area contributed by atoms with Gasteiger partial charge in [0.25, 0.3) is 10.9 Å². The van der Waals surface area contributed by atoms with Crippen LogP contribution in [0, 0.1) is 5.92 Å². The number of aryl methyl sites for hydroxylation is 1. The normalized spacial score (nSPS) is 17.3. The second-order valence-electron chi connectivity index (χ2n) is 10.6. The van der Waals surface area contributed by atoms with Crippen LogP contribution in [-0.4, -0.2) is 24.9 Å². The molecule has 1 saturated carbocycles. The predicted molar refractivity (Wildman–Crippen MR) is 147 cm³/mol. The molecule has 1 unspecified atom stereocenters. The lowest BCUT2D eigenvalue weighted by molar-refractivity contribution is 0.561. The largest absolute Gasteiger partial charge is 0.373 e. The molecule has 2 heterocycles. The molecular weight excluding hydrogens is 502 g/mol. The van der Waals surface area contributed by atoms with Gasteiger partial charge in [-0.15, -0.1) is 0 Å². The minimum absolute atomic E-state index is 0.174. The van der Waals surface area contributed by atoms with Gasteiger partial charge >= 0.3 is 0 Å². The maximum absolute atomic E-state index is 13.4. The van der Waals surface area contributed by atoms with Crippen LogP contribution in [0.2, 0.25) is 0 Å². The maximum atomic E-state index is 13.4. The summed E-state index contributed by atoms with van der Waals surface area (Å²) in [5.41, 5.74) is 2.66. The molecule has 2 aromatic heterocycles. The van der Waals surface area contributed by atoms with E-state index in [4.69, 9.17) is 4.98 Å². The Morgan fingerprint density at radius 3 is 2.53 bits per heavy atom. The van der Waals surface area contributed by atoms with Crippen molar-refractivity contribution in [3.8, 4) is 0 Å². The summed E-state index contributed by atoms with van der Waals surface area (Å²) in [6.45, 7) is 4.28. The molecule has 2 aromatic carbocycles. The summed E-state index contributed by atoms with van der Waals surface area (Å²) in [5.74, 6) is 0.541. The van der Waals surface area contributed by atoms with Gasteiger partial charge in [-0.2, -0.15) is 0 Å². The van der Waals surface area contributed by atoms with E-state index in [0.717, 1.165) is 35.0 Å². The van der Waals surface area contributed by atoms with Crippen LogP contribution in [0.15, 0.2) is 57.3 Å². The van der Waals surface area contributed by atoms with E-state index in [0.29, 0.717) is 36.4 Å². The predicted octanol–water partition coefficient (Wildman–Crippen LogP) is 3.88. The van der Waals surface area contributed by atoms with Crippen molar-refractivity contribution in [2.45, 2.75) is 56.4 Å². The van der Waals surface area contributed by atoms with Crippen LogP contribution >= 0.6 is 0 Å². The number of nitrogens with zero attached hydrogens (tertiary/aromatic N) is 2. The SMILES string of the molecule is CC(C)CNS(=O)(=O)c1cc2c(c3cnc(C4CC4)cc13)C(Nc1c(Nc3cccnc3)c(=O)c1=O)CC2. The highest BCUT2D eigenvalue weighted by Gasteiger charge is 2.33. The lowest BCUT2D eigenvalue weighted by atomic mass is 9.98. The third kappa shape index (κ3) is 4.37. The number of pyridine rings is 2. The first-order chi connectivity index (χ1) is 18.2. The highest BCUT2D eigenvalue weighted by atomic mass is 32.2. The second kappa shape index (κ2) is 9.28. The molecular formula is C28H29N5O4S. The monoisotopic (exact) mass is 531 g/mol. The molecule has 196 valence electrons. The zero-order valence-electron chi connectivity index (χ0n) is 21.2. The van der Waals surface area contributed by atoms with Crippen molar-refractivity contribution in [3.63, 3.8) is 0 Å². The quantitative estimate of drug-likeness (QED) is 0.278. The first-order valence-electron chi connectivity index (χ1n) is 12.9. The van der Waals surface area contributed by atoms with Crippen molar-refractivity contribution in [3.05, 3.63) is 80.1 Å². The molecule has 3 N–H and O–H groups in total. The second-order valence-corrected chi connectivity index (χ2v) is 12.4. The van der Waals surface area contributed by atoms with Crippen LogP contribution in [-0.2, 0) is 16.4 Å². The molecule has 9 nitrogen and oxygen atoms in total. The highest BCUT2D eigenvalue weighted by Crippen LogP contribution is 2.44. The van der Waals surface area contributed by atoms with Crippen LogP contribution in [0.5, 0.6) is 0 Å². The van der Waals surface area contributed by atoms with E-state index in [9.17, 15) is 18.0 Å². The lowest BCUT2D eigenvalue weighted by Gasteiger charge is -2.22. The van der Waals surface area contributed by atoms with Gasteiger partial charge in [0.2, 0.25) is 10.0 Å². The molecule has 1 atom stereocenters. The number of fused-ring (bicyclic) bond motifs is 3. The van der Waals surface area contributed by atoms with E-state index in [2.05, 4.69) is 20.3 Å². The summed E-state index contributed by atoms with van der Waals surface area (Å²) < 4.78 is 29.6. The van der Waals surface area contributed by atoms with Crippen molar-refractivity contribution in [2.75, 3.05) is 17.2 Å². The van der Waals surface area contributed by atoms with Crippen molar-refractivity contribution in [2.24, 2.45) is 5.92 Å². The van der Waals surface area contributed by atoms with Gasteiger partial charge in [-0.1, -0.05) is 13.8 Å². The minimum atomic E-state index is -3.74. The van der Waals surface area contributed by atoms with Crippen LogP contribution in [0.4, 0.5) is 17.1 Å². The van der Waals surface area contributed by atoms with Crippen LogP contribution in [0.3, 0.4) is 0 Å². The van der Waals surface area contributed by atoms with E-state index < -0.39 is 20.9 Å². The smallest absolute Gasteiger partial charge is 0.253 e. The van der Waals surface area contributed by atoms with Crippen molar-refractivity contribution in [1.82, 2.24) is 14.7 Å². The zero-order chi connectivity index (χ0) is 26.6. The number of hydrogen-bond acceptors (Lipinski definition) is 8.